The van der Waals surface area contributed by atoms with Gasteiger partial charge in [-0.3, -0.25) is 0 Å². The van der Waals surface area contributed by atoms with E-state index in [1.54, 1.807) is 0 Å². The maximum atomic E-state index is 9.87. The summed E-state index contributed by atoms with van der Waals surface area (Å²) in [7, 11) is -10.7. The molecule has 0 fully saturated rings. The average molecular weight is 301 g/mol. The van der Waals surface area contributed by atoms with Crippen LogP contribution in [0.1, 0.15) is 6.92 Å². The van der Waals surface area contributed by atoms with Crippen LogP contribution in [0.25, 0.3) is 0 Å². The fourth-order valence-corrected chi connectivity index (χ4v) is 0.752. The molecular formula is C8H14F6NO2P. The predicted molar refractivity (Wildman–Crippen MR) is 57.3 cm³/mol. The van der Waals surface area contributed by atoms with Gasteiger partial charge in [-0.15, -0.1) is 0 Å². The molecule has 5 N–H and O–H groups in total. The molecular weight excluding hydrogens is 287 g/mol. The monoisotopic (exact) mass is 301 g/mol. The van der Waals surface area contributed by atoms with E-state index in [0.29, 0.717) is 0 Å². The van der Waals surface area contributed by atoms with Crippen LogP contribution in [-0.4, -0.2) is 12.1 Å². The smallest absolute Gasteiger partial charge is 0.412 e. The first-order valence-corrected chi connectivity index (χ1v) is 6.42. The van der Waals surface area contributed by atoms with Crippen molar-refractivity contribution in [3.63, 3.8) is 0 Å². The van der Waals surface area contributed by atoms with E-state index in [1.165, 1.54) is 0 Å². The first-order chi connectivity index (χ1) is 7.28. The Labute approximate surface area is 99.1 Å². The van der Waals surface area contributed by atoms with Crippen molar-refractivity contribution >= 4 is 13.5 Å². The molecule has 0 aliphatic carbocycles. The van der Waals surface area contributed by atoms with E-state index < -0.39 is 7.81 Å². The quantitative estimate of drug-likeness (QED) is 0.659. The van der Waals surface area contributed by atoms with E-state index in [1.807, 2.05) is 31.2 Å². The molecule has 110 valence electrons. The van der Waals surface area contributed by atoms with Crippen LogP contribution in [0.3, 0.4) is 0 Å². The second-order valence-corrected chi connectivity index (χ2v) is 4.95. The van der Waals surface area contributed by atoms with E-state index in [4.69, 9.17) is 4.74 Å². The Bertz CT molecular complexity index is 350. The summed E-state index contributed by atoms with van der Waals surface area (Å²) < 4.78 is 64.4. The summed E-state index contributed by atoms with van der Waals surface area (Å²) in [6.45, 7) is 2.69. The Kier molecular flexibility index (Phi) is 5.67. The molecule has 1 aromatic rings. The predicted octanol–water partition coefficient (Wildman–Crippen LogP) is 3.52. The van der Waals surface area contributed by atoms with Gasteiger partial charge in [0.25, 0.3) is 0 Å². The normalized spacial score (nSPS) is 14.2. The summed E-state index contributed by atoms with van der Waals surface area (Å²) in [5.41, 5.74) is 4.78. The van der Waals surface area contributed by atoms with Crippen molar-refractivity contribution in [2.75, 3.05) is 6.61 Å². The minimum absolute atomic E-state index is 0. The minimum Gasteiger partial charge on any atom is -0.412 e. The van der Waals surface area contributed by atoms with Crippen molar-refractivity contribution in [2.24, 2.45) is 0 Å². The molecule has 10 heteroatoms. The maximum Gasteiger partial charge on any atom is -0.412 e. The molecule has 0 aromatic heterocycles. The van der Waals surface area contributed by atoms with Crippen LogP contribution < -0.4 is 10.5 Å². The van der Waals surface area contributed by atoms with Gasteiger partial charge in [0.05, 0.1) is 6.61 Å². The van der Waals surface area contributed by atoms with E-state index in [-0.39, 0.29) is 5.48 Å². The molecule has 1 aromatic carbocycles. The molecule has 0 saturated carbocycles. The second-order valence-electron chi connectivity index (χ2n) is 3.04. The van der Waals surface area contributed by atoms with E-state index in [0.717, 1.165) is 18.0 Å². The average Bonchev–Trinajstić information content (AvgIpc) is 2.04. The van der Waals surface area contributed by atoms with Crippen LogP contribution in [-0.2, 0) is 0 Å². The molecule has 18 heavy (non-hydrogen) atoms. The first kappa shape index (κ1) is 19.3. The fourth-order valence-electron chi connectivity index (χ4n) is 0.752. The Balaban J connectivity index is 0. The number of quaternary nitrogens is 1. The second kappa shape index (κ2) is 5.29. The number of benzene rings is 1. The van der Waals surface area contributed by atoms with Crippen LogP contribution in [0.4, 0.5) is 30.9 Å². The van der Waals surface area contributed by atoms with Gasteiger partial charge >= 0.3 is 33.0 Å². The molecule has 0 aliphatic heterocycles. The Morgan fingerprint density at radius 2 is 1.33 bits per heavy atom. The van der Waals surface area contributed by atoms with Gasteiger partial charge in [-0.05, 0) is 19.1 Å². The molecule has 0 saturated heterocycles. The van der Waals surface area contributed by atoms with Crippen LogP contribution in [0, 0.1) is 0 Å². The number of rotatable bonds is 2. The third-order valence-corrected chi connectivity index (χ3v) is 1.23. The Morgan fingerprint density at radius 1 is 1.00 bits per heavy atom. The molecule has 0 radical (unpaired) electrons. The van der Waals surface area contributed by atoms with Crippen molar-refractivity contribution in [2.45, 2.75) is 6.92 Å². The molecule has 3 nitrogen and oxygen atoms in total. The topological polar surface area (TPSA) is 68.4 Å². The summed E-state index contributed by atoms with van der Waals surface area (Å²) in [6.07, 6.45) is 0. The summed E-state index contributed by atoms with van der Waals surface area (Å²) in [5, 5.41) is 0. The van der Waals surface area contributed by atoms with E-state index in [2.05, 4.69) is 5.73 Å². The van der Waals surface area contributed by atoms with Crippen molar-refractivity contribution in [3.05, 3.63) is 24.3 Å². The van der Waals surface area contributed by atoms with Gasteiger partial charge in [-0.1, -0.05) is 0 Å². The molecule has 0 spiro atoms. The van der Waals surface area contributed by atoms with Crippen LogP contribution in [0.15, 0.2) is 24.3 Å². The fraction of sp³-hybridized carbons (Fsp3) is 0.250. The third kappa shape index (κ3) is 20.4. The molecule has 0 atom stereocenters. The summed E-state index contributed by atoms with van der Waals surface area (Å²) in [6, 6.07) is 7.72. The first-order valence-electron chi connectivity index (χ1n) is 4.39. The molecule has 0 heterocycles. The zero-order valence-electron chi connectivity index (χ0n) is 9.35. The van der Waals surface area contributed by atoms with Gasteiger partial charge in [0.2, 0.25) is 0 Å². The van der Waals surface area contributed by atoms with Gasteiger partial charge < -0.3 is 15.9 Å². The standard InChI is InChI=1S/C8H11NO.F6P.H2O/c1-2-10-8-5-3-7(9)4-6-8;1-7(2,3,4,5)6;/h3-6H,2,9H2,1H3;;1H2/q;-1;/p+1. The largest absolute Gasteiger partial charge is 0.412 e. The number of halogens is 6. The molecule has 0 aliphatic rings. The summed E-state index contributed by atoms with van der Waals surface area (Å²) >= 11 is 0. The number of ether oxygens (including phenoxy) is 1. The van der Waals surface area contributed by atoms with Crippen molar-refractivity contribution < 1.29 is 41.1 Å². The summed E-state index contributed by atoms with van der Waals surface area (Å²) in [4.78, 5) is 0. The maximum absolute atomic E-state index is 10.7. The zero-order chi connectivity index (χ0) is 13.8. The molecule has 0 unspecified atom stereocenters. The van der Waals surface area contributed by atoms with Gasteiger partial charge in [-0.2, -0.15) is 0 Å². The minimum atomic E-state index is -10.7. The number of hydrogen-bond acceptors (Lipinski definition) is 1. The Morgan fingerprint density at radius 3 is 1.61 bits per heavy atom. The number of hydrogen-bond donors (Lipinski definition) is 1. The Hall–Kier alpha value is -1.05. The molecule has 1 rings (SSSR count). The van der Waals surface area contributed by atoms with Gasteiger partial charge in [0, 0.05) is 12.1 Å². The van der Waals surface area contributed by atoms with Gasteiger partial charge in [-0.25, -0.2) is 0 Å². The summed E-state index contributed by atoms with van der Waals surface area (Å²) in [5.74, 6) is 0.912. The van der Waals surface area contributed by atoms with Crippen LogP contribution >= 0.6 is 7.81 Å². The molecule has 0 amide bonds. The SMILES string of the molecule is CCOc1ccc([NH3+])cc1.F[P-](F)(F)(F)(F)F.O. The van der Waals surface area contributed by atoms with E-state index in [9.17, 15) is 25.2 Å². The van der Waals surface area contributed by atoms with Crippen LogP contribution in [0.2, 0.25) is 0 Å². The zero-order valence-corrected chi connectivity index (χ0v) is 10.2. The third-order valence-electron chi connectivity index (χ3n) is 1.23. The van der Waals surface area contributed by atoms with Crippen molar-refractivity contribution in [3.8, 4) is 5.75 Å². The molecule has 0 bridgehead atoms. The van der Waals surface area contributed by atoms with Gasteiger partial charge in [0.1, 0.15) is 11.4 Å². The van der Waals surface area contributed by atoms with Gasteiger partial charge in [0.15, 0.2) is 0 Å². The van der Waals surface area contributed by atoms with E-state index >= 15 is 0 Å². The van der Waals surface area contributed by atoms with Crippen molar-refractivity contribution in [1.29, 1.82) is 0 Å². The van der Waals surface area contributed by atoms with Crippen LogP contribution in [0.5, 0.6) is 5.75 Å². The van der Waals surface area contributed by atoms with Crippen molar-refractivity contribution in [1.82, 2.24) is 0 Å².